The summed E-state index contributed by atoms with van der Waals surface area (Å²) in [5, 5.41) is 8.85. The van der Waals surface area contributed by atoms with E-state index >= 15 is 0 Å². The highest BCUT2D eigenvalue weighted by Gasteiger charge is 2.36. The lowest BCUT2D eigenvalue weighted by Crippen LogP contribution is -2.56. The first-order chi connectivity index (χ1) is 11.7. The van der Waals surface area contributed by atoms with Crippen molar-refractivity contribution in [2.45, 2.75) is 44.4 Å². The van der Waals surface area contributed by atoms with Gasteiger partial charge in [0.1, 0.15) is 0 Å². The smallest absolute Gasteiger partial charge is 0.237 e. The van der Waals surface area contributed by atoms with Gasteiger partial charge in [-0.25, -0.2) is 0 Å². The summed E-state index contributed by atoms with van der Waals surface area (Å²) in [4.78, 5) is 16.8. The van der Waals surface area contributed by atoms with Gasteiger partial charge < -0.3 is 9.64 Å². The summed E-state index contributed by atoms with van der Waals surface area (Å²) in [6.45, 7) is 2.50. The second-order valence-corrected chi connectivity index (χ2v) is 6.83. The third kappa shape index (κ3) is 3.95. The van der Waals surface area contributed by atoms with Crippen LogP contribution in [0.1, 0.15) is 36.8 Å². The molecule has 1 aromatic carbocycles. The van der Waals surface area contributed by atoms with Crippen molar-refractivity contribution in [3.63, 3.8) is 0 Å². The topological polar surface area (TPSA) is 56.6 Å². The highest BCUT2D eigenvalue weighted by atomic mass is 16.5. The Hall–Kier alpha value is -1.90. The van der Waals surface area contributed by atoms with E-state index in [-0.39, 0.29) is 18.1 Å². The van der Waals surface area contributed by atoms with Gasteiger partial charge in [0.2, 0.25) is 5.91 Å². The van der Waals surface area contributed by atoms with Crippen LogP contribution in [0.25, 0.3) is 0 Å². The lowest BCUT2D eigenvalue weighted by Gasteiger charge is -2.44. The monoisotopic (exact) mass is 327 g/mol. The van der Waals surface area contributed by atoms with Crippen LogP contribution in [0.3, 0.4) is 0 Å². The zero-order chi connectivity index (χ0) is 16.9. The van der Waals surface area contributed by atoms with Crippen LogP contribution in [-0.4, -0.2) is 54.6 Å². The molecule has 1 aliphatic carbocycles. The van der Waals surface area contributed by atoms with Crippen molar-refractivity contribution in [1.29, 1.82) is 5.26 Å². The highest BCUT2D eigenvalue weighted by molar-refractivity contribution is 5.78. The minimum Gasteiger partial charge on any atom is -0.374 e. The molecule has 0 N–H and O–H groups in total. The van der Waals surface area contributed by atoms with E-state index in [1.807, 2.05) is 41.1 Å². The Labute approximate surface area is 143 Å². The van der Waals surface area contributed by atoms with Crippen LogP contribution in [0.5, 0.6) is 0 Å². The van der Waals surface area contributed by atoms with Gasteiger partial charge in [-0.1, -0.05) is 25.0 Å². The standard InChI is InChI=1S/C19H25N3O2/c1-21(13-16-8-6-15(12-20)7-9-16)14-19(23)22-10-11-24-18-5-3-2-4-17(18)22/h6-9,17-18H,2-5,10-11,13-14H2,1H3. The first-order valence-electron chi connectivity index (χ1n) is 8.76. The molecule has 2 aliphatic rings. The van der Waals surface area contributed by atoms with Gasteiger partial charge in [0, 0.05) is 13.1 Å². The molecule has 5 nitrogen and oxygen atoms in total. The van der Waals surface area contributed by atoms with E-state index in [1.165, 1.54) is 12.8 Å². The van der Waals surface area contributed by atoms with Gasteiger partial charge in [0.25, 0.3) is 0 Å². The van der Waals surface area contributed by atoms with Crippen molar-refractivity contribution in [2.75, 3.05) is 26.7 Å². The minimum absolute atomic E-state index is 0.200. The zero-order valence-corrected chi connectivity index (χ0v) is 14.3. The molecule has 1 aromatic rings. The fourth-order valence-electron chi connectivity index (χ4n) is 3.78. The molecule has 1 saturated heterocycles. The predicted molar refractivity (Wildman–Crippen MR) is 91.2 cm³/mol. The Morgan fingerprint density at radius 3 is 2.83 bits per heavy atom. The fourth-order valence-corrected chi connectivity index (χ4v) is 3.78. The van der Waals surface area contributed by atoms with E-state index in [0.29, 0.717) is 31.8 Å². The lowest BCUT2D eigenvalue weighted by molar-refractivity contribution is -0.150. The molecule has 0 radical (unpaired) electrons. The first-order valence-corrected chi connectivity index (χ1v) is 8.76. The molecule has 0 bridgehead atoms. The zero-order valence-electron chi connectivity index (χ0n) is 14.3. The van der Waals surface area contributed by atoms with Crippen LogP contribution >= 0.6 is 0 Å². The molecule has 5 heteroatoms. The molecule has 0 spiro atoms. The summed E-state index contributed by atoms with van der Waals surface area (Å²) in [5.41, 5.74) is 1.77. The van der Waals surface area contributed by atoms with Gasteiger partial charge in [0.15, 0.2) is 0 Å². The van der Waals surface area contributed by atoms with E-state index < -0.39 is 0 Å². The number of nitriles is 1. The average molecular weight is 327 g/mol. The van der Waals surface area contributed by atoms with Gasteiger partial charge >= 0.3 is 0 Å². The maximum Gasteiger partial charge on any atom is 0.237 e. The van der Waals surface area contributed by atoms with Crippen LogP contribution in [-0.2, 0) is 16.1 Å². The van der Waals surface area contributed by atoms with Crippen LogP contribution in [0.15, 0.2) is 24.3 Å². The van der Waals surface area contributed by atoms with Gasteiger partial charge in [-0.3, -0.25) is 9.69 Å². The van der Waals surface area contributed by atoms with E-state index in [4.69, 9.17) is 10.00 Å². The number of rotatable bonds is 4. The minimum atomic E-state index is 0.200. The SMILES string of the molecule is CN(CC(=O)N1CCOC2CCCCC21)Cc1ccc(C#N)cc1. The maximum absolute atomic E-state index is 12.7. The van der Waals surface area contributed by atoms with Crippen molar-refractivity contribution in [3.8, 4) is 6.07 Å². The Morgan fingerprint density at radius 2 is 2.08 bits per heavy atom. The normalized spacial score (nSPS) is 23.6. The molecule has 3 rings (SSSR count). The van der Waals surface area contributed by atoms with Gasteiger partial charge in [-0.15, -0.1) is 0 Å². The number of fused-ring (bicyclic) bond motifs is 1. The molecule has 1 amide bonds. The maximum atomic E-state index is 12.7. The number of morpholine rings is 1. The van der Waals surface area contributed by atoms with E-state index in [2.05, 4.69) is 6.07 Å². The van der Waals surface area contributed by atoms with Crippen molar-refractivity contribution in [2.24, 2.45) is 0 Å². The second kappa shape index (κ2) is 7.78. The Bertz CT molecular complexity index is 606. The molecule has 1 heterocycles. The molecule has 2 fully saturated rings. The summed E-state index contributed by atoms with van der Waals surface area (Å²) in [7, 11) is 1.97. The van der Waals surface area contributed by atoms with E-state index in [1.54, 1.807) is 0 Å². The number of hydrogen-bond acceptors (Lipinski definition) is 4. The summed E-state index contributed by atoms with van der Waals surface area (Å²) in [6.07, 6.45) is 4.78. The van der Waals surface area contributed by atoms with Crippen LogP contribution in [0.4, 0.5) is 0 Å². The molecule has 2 atom stereocenters. The van der Waals surface area contributed by atoms with Crippen molar-refractivity contribution >= 4 is 5.91 Å². The molecular weight excluding hydrogens is 302 g/mol. The molecule has 128 valence electrons. The molecule has 1 saturated carbocycles. The molecular formula is C19H25N3O2. The van der Waals surface area contributed by atoms with Crippen molar-refractivity contribution in [3.05, 3.63) is 35.4 Å². The van der Waals surface area contributed by atoms with E-state index in [9.17, 15) is 4.79 Å². The molecule has 2 unspecified atom stereocenters. The summed E-state index contributed by atoms with van der Waals surface area (Å²) in [6, 6.07) is 9.93. The highest BCUT2D eigenvalue weighted by Crippen LogP contribution is 2.28. The van der Waals surface area contributed by atoms with Crippen molar-refractivity contribution in [1.82, 2.24) is 9.80 Å². The number of likely N-dealkylation sites (N-methyl/N-ethyl adjacent to an activating group) is 1. The third-order valence-corrected chi connectivity index (χ3v) is 4.99. The quantitative estimate of drug-likeness (QED) is 0.850. The molecule has 1 aliphatic heterocycles. The summed E-state index contributed by atoms with van der Waals surface area (Å²) in [5.74, 6) is 0.200. The summed E-state index contributed by atoms with van der Waals surface area (Å²) >= 11 is 0. The Kier molecular flexibility index (Phi) is 5.49. The molecule has 24 heavy (non-hydrogen) atoms. The van der Waals surface area contributed by atoms with Crippen molar-refractivity contribution < 1.29 is 9.53 Å². The van der Waals surface area contributed by atoms with Crippen LogP contribution in [0, 0.1) is 11.3 Å². The van der Waals surface area contributed by atoms with Crippen LogP contribution in [0.2, 0.25) is 0 Å². The summed E-state index contributed by atoms with van der Waals surface area (Å²) < 4.78 is 5.85. The Morgan fingerprint density at radius 1 is 1.33 bits per heavy atom. The molecule has 0 aromatic heterocycles. The van der Waals surface area contributed by atoms with Gasteiger partial charge in [0.05, 0.1) is 36.9 Å². The number of nitrogens with zero attached hydrogens (tertiary/aromatic N) is 3. The number of amides is 1. The van der Waals surface area contributed by atoms with Crippen LogP contribution < -0.4 is 0 Å². The van der Waals surface area contributed by atoms with Gasteiger partial charge in [-0.05, 0) is 37.6 Å². The number of hydrogen-bond donors (Lipinski definition) is 0. The first kappa shape index (κ1) is 16.9. The average Bonchev–Trinajstić information content (AvgIpc) is 2.61. The number of benzene rings is 1. The largest absolute Gasteiger partial charge is 0.374 e. The Balaban J connectivity index is 1.56. The lowest BCUT2D eigenvalue weighted by atomic mass is 9.90. The third-order valence-electron chi connectivity index (χ3n) is 4.99. The number of carbonyl (C=O) groups excluding carboxylic acids is 1. The number of ether oxygens (including phenoxy) is 1. The van der Waals surface area contributed by atoms with Gasteiger partial charge in [-0.2, -0.15) is 5.26 Å². The predicted octanol–water partition coefficient (Wildman–Crippen LogP) is 2.16. The fraction of sp³-hybridized carbons (Fsp3) is 0.579. The van der Waals surface area contributed by atoms with E-state index in [0.717, 1.165) is 18.4 Å². The number of carbonyl (C=O) groups is 1. The second-order valence-electron chi connectivity index (χ2n) is 6.83.